The molecule has 3 heterocycles. The van der Waals surface area contributed by atoms with E-state index in [1.165, 1.54) is 0 Å². The van der Waals surface area contributed by atoms with Crippen LogP contribution in [0.5, 0.6) is 0 Å². The summed E-state index contributed by atoms with van der Waals surface area (Å²) >= 11 is 0. The first-order valence-electron chi connectivity index (χ1n) is 8.09. The first kappa shape index (κ1) is 15.2. The number of rotatable bonds is 4. The van der Waals surface area contributed by atoms with E-state index in [9.17, 15) is 4.79 Å². The van der Waals surface area contributed by atoms with Gasteiger partial charge in [0.05, 0.1) is 19.1 Å². The number of piperidine rings is 1. The molecule has 1 amide bonds. The molecular weight excluding hydrogens is 280 g/mol. The van der Waals surface area contributed by atoms with E-state index in [4.69, 9.17) is 4.74 Å². The number of pyridine rings is 1. The van der Waals surface area contributed by atoms with Gasteiger partial charge in [0.15, 0.2) is 0 Å². The van der Waals surface area contributed by atoms with Crippen LogP contribution < -0.4 is 15.5 Å². The van der Waals surface area contributed by atoms with Gasteiger partial charge < -0.3 is 20.3 Å². The van der Waals surface area contributed by atoms with Gasteiger partial charge in [-0.15, -0.1) is 0 Å². The molecule has 1 aromatic rings. The van der Waals surface area contributed by atoms with Gasteiger partial charge in [-0.3, -0.25) is 4.79 Å². The molecule has 1 aromatic heterocycles. The molecule has 0 aromatic carbocycles. The van der Waals surface area contributed by atoms with E-state index in [0.717, 1.165) is 44.8 Å². The van der Waals surface area contributed by atoms with Gasteiger partial charge in [-0.1, -0.05) is 6.07 Å². The van der Waals surface area contributed by atoms with Crippen LogP contribution in [0.3, 0.4) is 0 Å². The molecule has 3 rings (SSSR count). The van der Waals surface area contributed by atoms with Crippen molar-refractivity contribution in [3.05, 3.63) is 24.4 Å². The molecule has 6 heteroatoms. The highest BCUT2D eigenvalue weighted by Crippen LogP contribution is 2.17. The number of aromatic nitrogens is 1. The van der Waals surface area contributed by atoms with E-state index in [2.05, 4.69) is 20.5 Å². The summed E-state index contributed by atoms with van der Waals surface area (Å²) in [6, 6.07) is 6.24. The average molecular weight is 304 g/mol. The number of nitrogens with one attached hydrogen (secondary N) is 2. The lowest BCUT2D eigenvalue weighted by atomic mass is 10.0. The molecule has 2 saturated heterocycles. The minimum Gasteiger partial charge on any atom is -0.375 e. The molecule has 2 aliphatic rings. The third kappa shape index (κ3) is 4.18. The van der Waals surface area contributed by atoms with Crippen molar-refractivity contribution in [1.29, 1.82) is 0 Å². The number of nitrogens with zero attached hydrogens (tertiary/aromatic N) is 2. The van der Waals surface area contributed by atoms with Crippen LogP contribution in [-0.4, -0.2) is 55.8 Å². The van der Waals surface area contributed by atoms with E-state index in [1.54, 1.807) is 0 Å². The molecule has 0 bridgehead atoms. The minimum atomic E-state index is 0.0161. The summed E-state index contributed by atoms with van der Waals surface area (Å²) in [5.74, 6) is 1.12. The van der Waals surface area contributed by atoms with E-state index < -0.39 is 0 Å². The third-order valence-corrected chi connectivity index (χ3v) is 4.25. The Hall–Kier alpha value is -1.66. The van der Waals surface area contributed by atoms with Crippen molar-refractivity contribution in [3.63, 3.8) is 0 Å². The topological polar surface area (TPSA) is 66.5 Å². The Morgan fingerprint density at radius 3 is 2.95 bits per heavy atom. The number of ether oxygens (including phenoxy) is 1. The van der Waals surface area contributed by atoms with Crippen LogP contribution in [0.25, 0.3) is 0 Å². The van der Waals surface area contributed by atoms with Crippen molar-refractivity contribution in [2.45, 2.75) is 31.4 Å². The average Bonchev–Trinajstić information content (AvgIpc) is 2.57. The monoisotopic (exact) mass is 304 g/mol. The normalized spacial score (nSPS) is 23.3. The smallest absolute Gasteiger partial charge is 0.222 e. The van der Waals surface area contributed by atoms with Gasteiger partial charge in [0.2, 0.25) is 5.91 Å². The molecule has 2 aliphatic heterocycles. The van der Waals surface area contributed by atoms with Gasteiger partial charge in [0.25, 0.3) is 0 Å². The minimum absolute atomic E-state index is 0.0161. The van der Waals surface area contributed by atoms with E-state index in [-0.39, 0.29) is 18.1 Å². The third-order valence-electron chi connectivity index (χ3n) is 4.25. The molecule has 2 N–H and O–H groups in total. The summed E-state index contributed by atoms with van der Waals surface area (Å²) in [5.41, 5.74) is 0. The Kier molecular flexibility index (Phi) is 5.24. The first-order chi connectivity index (χ1) is 10.8. The van der Waals surface area contributed by atoms with Crippen LogP contribution >= 0.6 is 0 Å². The fourth-order valence-corrected chi connectivity index (χ4v) is 3.04. The molecule has 0 spiro atoms. The maximum atomic E-state index is 12.1. The number of amides is 1. The Balaban J connectivity index is 1.41. The van der Waals surface area contributed by atoms with Crippen LogP contribution in [0.2, 0.25) is 0 Å². The molecule has 22 heavy (non-hydrogen) atoms. The van der Waals surface area contributed by atoms with Crippen molar-refractivity contribution < 1.29 is 9.53 Å². The first-order valence-corrected chi connectivity index (χ1v) is 8.09. The van der Waals surface area contributed by atoms with E-state index >= 15 is 0 Å². The molecule has 2 fully saturated rings. The second kappa shape index (κ2) is 7.56. The predicted molar refractivity (Wildman–Crippen MR) is 84.8 cm³/mol. The summed E-state index contributed by atoms with van der Waals surface area (Å²) in [6.07, 6.45) is 4.22. The van der Waals surface area contributed by atoms with Crippen LogP contribution in [-0.2, 0) is 9.53 Å². The van der Waals surface area contributed by atoms with E-state index in [0.29, 0.717) is 13.0 Å². The number of carbonyl (C=O) groups is 1. The molecule has 0 saturated carbocycles. The molecular formula is C16H24N4O2. The molecule has 1 atom stereocenters. The zero-order valence-corrected chi connectivity index (χ0v) is 12.8. The highest BCUT2D eigenvalue weighted by atomic mass is 16.5. The quantitative estimate of drug-likeness (QED) is 0.850. The Morgan fingerprint density at radius 2 is 2.27 bits per heavy atom. The lowest BCUT2D eigenvalue weighted by Gasteiger charge is -2.33. The van der Waals surface area contributed by atoms with Crippen molar-refractivity contribution in [2.24, 2.45) is 0 Å². The molecule has 0 aliphatic carbocycles. The Labute approximate surface area is 131 Å². The van der Waals surface area contributed by atoms with Crippen LogP contribution in [0.1, 0.15) is 19.3 Å². The molecule has 120 valence electrons. The highest BCUT2D eigenvalue weighted by Gasteiger charge is 2.23. The maximum Gasteiger partial charge on any atom is 0.222 e. The molecule has 1 unspecified atom stereocenters. The lowest BCUT2D eigenvalue weighted by Crippen LogP contribution is -2.47. The van der Waals surface area contributed by atoms with Crippen LogP contribution in [0, 0.1) is 0 Å². The lowest BCUT2D eigenvalue weighted by molar-refractivity contribution is -0.125. The van der Waals surface area contributed by atoms with Crippen molar-refractivity contribution in [1.82, 2.24) is 15.6 Å². The second-order valence-corrected chi connectivity index (χ2v) is 5.92. The van der Waals surface area contributed by atoms with Gasteiger partial charge in [-0.25, -0.2) is 4.98 Å². The molecule has 0 radical (unpaired) electrons. The van der Waals surface area contributed by atoms with Crippen LogP contribution in [0.15, 0.2) is 24.4 Å². The summed E-state index contributed by atoms with van der Waals surface area (Å²) in [5, 5.41) is 6.39. The second-order valence-electron chi connectivity index (χ2n) is 5.92. The zero-order valence-electron chi connectivity index (χ0n) is 12.8. The predicted octanol–water partition coefficient (Wildman–Crippen LogP) is 0.545. The number of anilines is 1. The standard InChI is InChI=1S/C16H24N4O2/c21-16(11-14-12-17-7-10-22-14)19-13-4-8-20(9-5-13)15-3-1-2-6-18-15/h1-3,6,13-14,17H,4-5,7-12H2,(H,19,21). The number of hydrogen-bond acceptors (Lipinski definition) is 5. The maximum absolute atomic E-state index is 12.1. The van der Waals surface area contributed by atoms with Gasteiger partial charge in [0, 0.05) is 38.4 Å². The Bertz CT molecular complexity index is 468. The fraction of sp³-hybridized carbons (Fsp3) is 0.625. The Morgan fingerprint density at radius 1 is 1.41 bits per heavy atom. The summed E-state index contributed by atoms with van der Waals surface area (Å²) in [4.78, 5) is 18.7. The van der Waals surface area contributed by atoms with Gasteiger partial charge in [0.1, 0.15) is 5.82 Å². The zero-order chi connectivity index (χ0) is 15.2. The largest absolute Gasteiger partial charge is 0.375 e. The summed E-state index contributed by atoms with van der Waals surface area (Å²) in [7, 11) is 0. The highest BCUT2D eigenvalue weighted by molar-refractivity contribution is 5.76. The van der Waals surface area contributed by atoms with Gasteiger partial charge in [-0.2, -0.15) is 0 Å². The van der Waals surface area contributed by atoms with E-state index in [1.807, 2.05) is 24.4 Å². The number of hydrogen-bond donors (Lipinski definition) is 2. The molecule has 6 nitrogen and oxygen atoms in total. The summed E-state index contributed by atoms with van der Waals surface area (Å²) in [6.45, 7) is 4.21. The fourth-order valence-electron chi connectivity index (χ4n) is 3.04. The van der Waals surface area contributed by atoms with Crippen LogP contribution in [0.4, 0.5) is 5.82 Å². The SMILES string of the molecule is O=C(CC1CNCCO1)NC1CCN(c2ccccn2)CC1. The number of morpholine rings is 1. The van der Waals surface area contributed by atoms with Gasteiger partial charge in [-0.05, 0) is 25.0 Å². The van der Waals surface area contributed by atoms with Crippen molar-refractivity contribution in [2.75, 3.05) is 37.7 Å². The number of carbonyl (C=O) groups excluding carboxylic acids is 1. The van der Waals surface area contributed by atoms with Crippen molar-refractivity contribution in [3.8, 4) is 0 Å². The van der Waals surface area contributed by atoms with Crippen molar-refractivity contribution >= 4 is 11.7 Å². The van der Waals surface area contributed by atoms with Gasteiger partial charge >= 0.3 is 0 Å². The summed E-state index contributed by atoms with van der Waals surface area (Å²) < 4.78 is 5.57.